The molecule has 1 aliphatic carbocycles. The van der Waals surface area contributed by atoms with Gasteiger partial charge >= 0.3 is 0 Å². The summed E-state index contributed by atoms with van der Waals surface area (Å²) in [7, 11) is 0. The first-order chi connectivity index (χ1) is 10.2. The lowest BCUT2D eigenvalue weighted by molar-refractivity contribution is -0.123. The fraction of sp³-hybridized carbons (Fsp3) is 0.941. The third-order valence-corrected chi connectivity index (χ3v) is 5.00. The van der Waals surface area contributed by atoms with Crippen LogP contribution in [0.5, 0.6) is 0 Å². The summed E-state index contributed by atoms with van der Waals surface area (Å²) in [6.45, 7) is 9.21. The maximum absolute atomic E-state index is 12.1. The molecule has 1 saturated carbocycles. The van der Waals surface area contributed by atoms with Crippen LogP contribution >= 0.6 is 24.8 Å². The molecule has 23 heavy (non-hydrogen) atoms. The van der Waals surface area contributed by atoms with Gasteiger partial charge in [0.05, 0.1) is 0 Å². The molecule has 1 aliphatic rings. The Hall–Kier alpha value is -0.0300. The zero-order valence-electron chi connectivity index (χ0n) is 14.9. The van der Waals surface area contributed by atoms with E-state index in [1.165, 1.54) is 19.3 Å². The highest BCUT2D eigenvalue weighted by Crippen LogP contribution is 2.38. The molecule has 0 spiro atoms. The van der Waals surface area contributed by atoms with Gasteiger partial charge in [0.15, 0.2) is 0 Å². The molecule has 6 heteroatoms. The number of amides is 1. The lowest BCUT2D eigenvalue weighted by atomic mass is 9.71. The summed E-state index contributed by atoms with van der Waals surface area (Å²) in [4.78, 5) is 14.5. The third-order valence-electron chi connectivity index (χ3n) is 5.00. The molecule has 140 valence electrons. The van der Waals surface area contributed by atoms with Gasteiger partial charge in [-0.15, -0.1) is 24.8 Å². The van der Waals surface area contributed by atoms with Crippen molar-refractivity contribution in [3.8, 4) is 0 Å². The van der Waals surface area contributed by atoms with E-state index < -0.39 is 0 Å². The van der Waals surface area contributed by atoms with E-state index in [0.717, 1.165) is 51.9 Å². The van der Waals surface area contributed by atoms with E-state index in [1.54, 1.807) is 0 Å². The number of nitrogens with zero attached hydrogens (tertiary/aromatic N) is 1. The SMILES string of the molecule is CCN(CC)CCCCNC(=O)CC1(CN)CCCCC1.Cl.Cl. The Morgan fingerprint density at radius 2 is 1.70 bits per heavy atom. The second kappa shape index (κ2) is 14.3. The van der Waals surface area contributed by atoms with Gasteiger partial charge < -0.3 is 16.0 Å². The zero-order valence-corrected chi connectivity index (χ0v) is 16.6. The largest absolute Gasteiger partial charge is 0.356 e. The summed E-state index contributed by atoms with van der Waals surface area (Å²) in [6.07, 6.45) is 8.86. The molecule has 0 heterocycles. The van der Waals surface area contributed by atoms with Crippen molar-refractivity contribution in [1.29, 1.82) is 0 Å². The minimum Gasteiger partial charge on any atom is -0.356 e. The maximum Gasteiger partial charge on any atom is 0.220 e. The first-order valence-electron chi connectivity index (χ1n) is 8.85. The fourth-order valence-electron chi connectivity index (χ4n) is 3.39. The number of nitrogens with two attached hydrogens (primary N) is 1. The van der Waals surface area contributed by atoms with Gasteiger partial charge in [-0.3, -0.25) is 4.79 Å². The van der Waals surface area contributed by atoms with Gasteiger partial charge in [-0.2, -0.15) is 0 Å². The molecule has 1 amide bonds. The highest BCUT2D eigenvalue weighted by atomic mass is 35.5. The smallest absolute Gasteiger partial charge is 0.220 e. The quantitative estimate of drug-likeness (QED) is 0.580. The van der Waals surface area contributed by atoms with Crippen LogP contribution in [0.2, 0.25) is 0 Å². The molecule has 1 fully saturated rings. The van der Waals surface area contributed by atoms with Crippen LogP contribution in [0.15, 0.2) is 0 Å². The molecule has 0 aromatic rings. The van der Waals surface area contributed by atoms with Crippen LogP contribution in [0.4, 0.5) is 0 Å². The van der Waals surface area contributed by atoms with Crippen LogP contribution in [0.1, 0.15) is 65.2 Å². The van der Waals surface area contributed by atoms with Crippen molar-refractivity contribution >= 4 is 30.7 Å². The van der Waals surface area contributed by atoms with Crippen molar-refractivity contribution in [3.05, 3.63) is 0 Å². The first-order valence-corrected chi connectivity index (χ1v) is 8.85. The number of halogens is 2. The standard InChI is InChI=1S/C17H35N3O.2ClH/c1-3-20(4-2)13-9-8-12-19-16(21)14-17(15-18)10-6-5-7-11-17;;/h3-15,18H2,1-2H3,(H,19,21);2*1H. The molecule has 4 nitrogen and oxygen atoms in total. The highest BCUT2D eigenvalue weighted by molar-refractivity contribution is 5.85. The molecule has 0 aliphatic heterocycles. The normalized spacial score (nSPS) is 16.3. The first kappa shape index (κ1) is 25.2. The average Bonchev–Trinajstić information content (AvgIpc) is 2.51. The predicted octanol–water partition coefficient (Wildman–Crippen LogP) is 3.37. The van der Waals surface area contributed by atoms with Crippen LogP contribution in [0.25, 0.3) is 0 Å². The van der Waals surface area contributed by atoms with Gasteiger partial charge in [0.2, 0.25) is 5.91 Å². The number of nitrogens with one attached hydrogen (secondary N) is 1. The second-order valence-corrected chi connectivity index (χ2v) is 6.53. The second-order valence-electron chi connectivity index (χ2n) is 6.53. The number of hydrogen-bond acceptors (Lipinski definition) is 3. The van der Waals surface area contributed by atoms with Crippen molar-refractivity contribution in [3.63, 3.8) is 0 Å². The Balaban J connectivity index is 0. The van der Waals surface area contributed by atoms with Gasteiger partial charge in [0, 0.05) is 13.0 Å². The van der Waals surface area contributed by atoms with Gasteiger partial charge in [-0.1, -0.05) is 33.1 Å². The van der Waals surface area contributed by atoms with Crippen molar-refractivity contribution in [2.24, 2.45) is 11.1 Å². The summed E-state index contributed by atoms with van der Waals surface area (Å²) in [6, 6.07) is 0. The molecule has 0 bridgehead atoms. The number of carbonyl (C=O) groups excluding carboxylic acids is 1. The van der Waals surface area contributed by atoms with Gasteiger partial charge in [0.25, 0.3) is 0 Å². The molecule has 1 rings (SSSR count). The van der Waals surface area contributed by atoms with Crippen LogP contribution in [0.3, 0.4) is 0 Å². The van der Waals surface area contributed by atoms with E-state index in [2.05, 4.69) is 24.1 Å². The topological polar surface area (TPSA) is 58.4 Å². The van der Waals surface area contributed by atoms with Crippen LogP contribution < -0.4 is 11.1 Å². The Labute approximate surface area is 155 Å². The molecule has 0 aromatic carbocycles. The summed E-state index contributed by atoms with van der Waals surface area (Å²) in [5.74, 6) is 0.199. The summed E-state index contributed by atoms with van der Waals surface area (Å²) in [5, 5.41) is 3.09. The summed E-state index contributed by atoms with van der Waals surface area (Å²) in [5.41, 5.74) is 6.03. The van der Waals surface area contributed by atoms with Crippen LogP contribution in [0, 0.1) is 5.41 Å². The van der Waals surface area contributed by atoms with E-state index in [1.807, 2.05) is 0 Å². The van der Waals surface area contributed by atoms with Gasteiger partial charge in [-0.05, 0) is 57.3 Å². The molecular formula is C17H37Cl2N3O. The monoisotopic (exact) mass is 369 g/mol. The minimum absolute atomic E-state index is 0. The Morgan fingerprint density at radius 1 is 1.09 bits per heavy atom. The summed E-state index contributed by atoms with van der Waals surface area (Å²) >= 11 is 0. The van der Waals surface area contributed by atoms with Crippen molar-refractivity contribution in [2.75, 3.05) is 32.7 Å². The predicted molar refractivity (Wildman–Crippen MR) is 104 cm³/mol. The molecule has 0 saturated heterocycles. The van der Waals surface area contributed by atoms with Gasteiger partial charge in [0.1, 0.15) is 0 Å². The Morgan fingerprint density at radius 3 is 2.22 bits per heavy atom. The van der Waals surface area contributed by atoms with E-state index in [0.29, 0.717) is 13.0 Å². The van der Waals surface area contributed by atoms with Crippen LogP contribution in [-0.4, -0.2) is 43.5 Å². The fourth-order valence-corrected chi connectivity index (χ4v) is 3.39. The summed E-state index contributed by atoms with van der Waals surface area (Å²) < 4.78 is 0. The van der Waals surface area contributed by atoms with Crippen molar-refractivity contribution in [1.82, 2.24) is 10.2 Å². The van der Waals surface area contributed by atoms with Crippen molar-refractivity contribution in [2.45, 2.75) is 65.2 Å². The molecule has 0 radical (unpaired) electrons. The maximum atomic E-state index is 12.1. The molecule has 3 N–H and O–H groups in total. The number of hydrogen-bond donors (Lipinski definition) is 2. The third kappa shape index (κ3) is 9.75. The average molecular weight is 370 g/mol. The lowest BCUT2D eigenvalue weighted by Crippen LogP contribution is -2.38. The van der Waals surface area contributed by atoms with E-state index >= 15 is 0 Å². The minimum atomic E-state index is 0. The van der Waals surface area contributed by atoms with E-state index in [4.69, 9.17) is 5.73 Å². The number of carbonyl (C=O) groups is 1. The molecular weight excluding hydrogens is 333 g/mol. The molecule has 0 aromatic heterocycles. The zero-order chi connectivity index (χ0) is 15.6. The van der Waals surface area contributed by atoms with E-state index in [9.17, 15) is 4.79 Å². The van der Waals surface area contributed by atoms with E-state index in [-0.39, 0.29) is 36.1 Å². The Kier molecular flexibility index (Phi) is 15.7. The number of unbranched alkanes of at least 4 members (excludes halogenated alkanes) is 1. The number of rotatable bonds is 10. The molecule has 0 atom stereocenters. The van der Waals surface area contributed by atoms with Crippen LogP contribution in [-0.2, 0) is 4.79 Å². The van der Waals surface area contributed by atoms with Crippen molar-refractivity contribution < 1.29 is 4.79 Å². The molecule has 0 unspecified atom stereocenters. The Bertz CT molecular complexity index is 294. The lowest BCUT2D eigenvalue weighted by Gasteiger charge is -2.35. The van der Waals surface area contributed by atoms with Gasteiger partial charge in [-0.25, -0.2) is 0 Å². The highest BCUT2D eigenvalue weighted by Gasteiger charge is 2.32.